The monoisotopic (exact) mass is 235 g/mol. The normalized spacial score (nSPS) is 33.6. The van der Waals surface area contributed by atoms with Crippen LogP contribution in [0.2, 0.25) is 0 Å². The molecule has 2 atom stereocenters. The Morgan fingerprint density at radius 1 is 1.41 bits per heavy atom. The Kier molecular flexibility index (Phi) is 4.06. The van der Waals surface area contributed by atoms with Crippen LogP contribution in [0.25, 0.3) is 0 Å². The molecule has 17 heavy (non-hydrogen) atoms. The third kappa shape index (κ3) is 3.00. The van der Waals surface area contributed by atoms with Gasteiger partial charge in [0.05, 0.1) is 6.07 Å². The quantitative estimate of drug-likeness (QED) is 0.793. The summed E-state index contributed by atoms with van der Waals surface area (Å²) in [6, 6.07) is 3.12. The van der Waals surface area contributed by atoms with E-state index in [0.29, 0.717) is 6.04 Å². The minimum absolute atomic E-state index is 0.264. The summed E-state index contributed by atoms with van der Waals surface area (Å²) in [4.78, 5) is 2.61. The number of rotatable bonds is 5. The first-order valence-corrected chi connectivity index (χ1v) is 7.07. The van der Waals surface area contributed by atoms with Crippen molar-refractivity contribution in [3.05, 3.63) is 0 Å². The molecule has 2 aliphatic carbocycles. The Balaban J connectivity index is 1.96. The van der Waals surface area contributed by atoms with Crippen LogP contribution in [0.15, 0.2) is 0 Å². The third-order valence-corrected chi connectivity index (χ3v) is 4.53. The minimum Gasteiger partial charge on any atom is -0.302 e. The second kappa shape index (κ2) is 5.37. The molecule has 3 heteroatoms. The minimum atomic E-state index is -0.264. The van der Waals surface area contributed by atoms with Gasteiger partial charge in [0.1, 0.15) is 5.54 Å². The van der Waals surface area contributed by atoms with E-state index < -0.39 is 0 Å². The van der Waals surface area contributed by atoms with Gasteiger partial charge in [-0.15, -0.1) is 0 Å². The van der Waals surface area contributed by atoms with Crippen molar-refractivity contribution in [2.75, 3.05) is 20.1 Å². The summed E-state index contributed by atoms with van der Waals surface area (Å²) < 4.78 is 0. The zero-order valence-corrected chi connectivity index (χ0v) is 11.2. The average Bonchev–Trinajstić information content (AvgIpc) is 3.20. The average molecular weight is 235 g/mol. The van der Waals surface area contributed by atoms with Crippen molar-refractivity contribution >= 4 is 0 Å². The van der Waals surface area contributed by atoms with E-state index in [1.807, 2.05) is 7.05 Å². The zero-order chi connectivity index (χ0) is 12.3. The Bertz CT molecular complexity index is 292. The van der Waals surface area contributed by atoms with Crippen molar-refractivity contribution in [1.29, 1.82) is 5.26 Å². The fraction of sp³-hybridized carbons (Fsp3) is 0.929. The second-order valence-electron chi connectivity index (χ2n) is 5.73. The van der Waals surface area contributed by atoms with Crippen molar-refractivity contribution in [3.63, 3.8) is 0 Å². The van der Waals surface area contributed by atoms with Gasteiger partial charge in [-0.1, -0.05) is 6.92 Å². The lowest BCUT2D eigenvalue weighted by Gasteiger charge is -2.41. The molecular weight excluding hydrogens is 210 g/mol. The lowest BCUT2D eigenvalue weighted by Crippen LogP contribution is -2.51. The molecule has 0 saturated heterocycles. The van der Waals surface area contributed by atoms with Gasteiger partial charge in [0.2, 0.25) is 0 Å². The predicted molar refractivity (Wildman–Crippen MR) is 69.6 cm³/mol. The van der Waals surface area contributed by atoms with Crippen molar-refractivity contribution in [2.24, 2.45) is 5.92 Å². The SMILES string of the molecule is CCN(CC1CC1)C1CCCC(C#N)(NC)C1. The van der Waals surface area contributed by atoms with Crippen LogP contribution in [0.5, 0.6) is 0 Å². The highest BCUT2D eigenvalue weighted by atomic mass is 15.2. The first-order chi connectivity index (χ1) is 8.23. The summed E-state index contributed by atoms with van der Waals surface area (Å²) in [5, 5.41) is 12.6. The second-order valence-corrected chi connectivity index (χ2v) is 5.73. The van der Waals surface area contributed by atoms with Gasteiger partial charge in [0.25, 0.3) is 0 Å². The molecule has 0 aromatic carbocycles. The Morgan fingerprint density at radius 2 is 2.18 bits per heavy atom. The van der Waals surface area contributed by atoms with Gasteiger partial charge in [0, 0.05) is 12.6 Å². The highest BCUT2D eigenvalue weighted by Gasteiger charge is 2.38. The van der Waals surface area contributed by atoms with Crippen LogP contribution in [0.3, 0.4) is 0 Å². The van der Waals surface area contributed by atoms with E-state index in [0.717, 1.165) is 25.3 Å². The van der Waals surface area contributed by atoms with Gasteiger partial charge in [-0.25, -0.2) is 0 Å². The predicted octanol–water partition coefficient (Wildman–Crippen LogP) is 2.14. The molecule has 2 rings (SSSR count). The van der Waals surface area contributed by atoms with E-state index in [4.69, 9.17) is 0 Å². The molecule has 96 valence electrons. The first kappa shape index (κ1) is 12.9. The molecule has 0 aromatic heterocycles. The number of hydrogen-bond donors (Lipinski definition) is 1. The van der Waals surface area contributed by atoms with Crippen molar-refractivity contribution < 1.29 is 0 Å². The summed E-state index contributed by atoms with van der Waals surface area (Å²) in [7, 11) is 1.93. The van der Waals surface area contributed by atoms with Crippen LogP contribution in [0, 0.1) is 17.2 Å². The van der Waals surface area contributed by atoms with E-state index in [9.17, 15) is 5.26 Å². The van der Waals surface area contributed by atoms with E-state index >= 15 is 0 Å². The van der Waals surface area contributed by atoms with E-state index in [1.54, 1.807) is 0 Å². The van der Waals surface area contributed by atoms with Gasteiger partial charge in [-0.3, -0.25) is 0 Å². The molecule has 2 aliphatic rings. The van der Waals surface area contributed by atoms with E-state index in [-0.39, 0.29) is 5.54 Å². The van der Waals surface area contributed by atoms with Gasteiger partial charge < -0.3 is 10.2 Å². The summed E-state index contributed by atoms with van der Waals surface area (Å²) in [6.45, 7) is 4.64. The number of nitrogens with one attached hydrogen (secondary N) is 1. The standard InChI is InChI=1S/C14H25N3/c1-3-17(10-12-6-7-12)13-5-4-8-14(9-13,11-15)16-2/h12-13,16H,3-10H2,1-2H3. The van der Waals surface area contributed by atoms with Crippen LogP contribution in [-0.2, 0) is 0 Å². The van der Waals surface area contributed by atoms with Gasteiger partial charge in [-0.05, 0) is 58.0 Å². The van der Waals surface area contributed by atoms with Crippen molar-refractivity contribution in [2.45, 2.75) is 57.0 Å². The molecule has 0 bridgehead atoms. The molecule has 3 nitrogen and oxygen atoms in total. The first-order valence-electron chi connectivity index (χ1n) is 7.07. The van der Waals surface area contributed by atoms with Crippen LogP contribution in [0.4, 0.5) is 0 Å². The Morgan fingerprint density at radius 3 is 2.71 bits per heavy atom. The van der Waals surface area contributed by atoms with Gasteiger partial charge in [-0.2, -0.15) is 5.26 Å². The van der Waals surface area contributed by atoms with Crippen molar-refractivity contribution in [3.8, 4) is 6.07 Å². The van der Waals surface area contributed by atoms with Crippen molar-refractivity contribution in [1.82, 2.24) is 10.2 Å². The Labute approximate surface area is 105 Å². The highest BCUT2D eigenvalue weighted by Crippen LogP contribution is 2.34. The third-order valence-electron chi connectivity index (χ3n) is 4.53. The van der Waals surface area contributed by atoms with Crippen LogP contribution >= 0.6 is 0 Å². The zero-order valence-electron chi connectivity index (χ0n) is 11.2. The summed E-state index contributed by atoms with van der Waals surface area (Å²) in [5.41, 5.74) is -0.264. The largest absolute Gasteiger partial charge is 0.302 e. The van der Waals surface area contributed by atoms with Gasteiger partial charge in [0.15, 0.2) is 0 Å². The topological polar surface area (TPSA) is 39.1 Å². The number of nitriles is 1. The molecule has 2 unspecified atom stereocenters. The maximum atomic E-state index is 9.38. The van der Waals surface area contributed by atoms with Crippen LogP contribution in [0.1, 0.15) is 45.4 Å². The van der Waals surface area contributed by atoms with Gasteiger partial charge >= 0.3 is 0 Å². The molecule has 0 aromatic rings. The summed E-state index contributed by atoms with van der Waals surface area (Å²) >= 11 is 0. The number of hydrogen-bond acceptors (Lipinski definition) is 3. The smallest absolute Gasteiger partial charge is 0.108 e. The van der Waals surface area contributed by atoms with Crippen LogP contribution in [-0.4, -0.2) is 36.6 Å². The molecular formula is C14H25N3. The molecule has 0 amide bonds. The maximum absolute atomic E-state index is 9.38. The molecule has 2 saturated carbocycles. The Hall–Kier alpha value is -0.590. The molecule has 1 N–H and O–H groups in total. The highest BCUT2D eigenvalue weighted by molar-refractivity contribution is 5.10. The number of nitrogens with zero attached hydrogens (tertiary/aromatic N) is 2. The molecule has 0 heterocycles. The fourth-order valence-electron chi connectivity index (χ4n) is 3.11. The molecule has 0 aliphatic heterocycles. The van der Waals surface area contributed by atoms with E-state index in [2.05, 4.69) is 23.2 Å². The summed E-state index contributed by atoms with van der Waals surface area (Å²) in [5.74, 6) is 0.947. The lowest BCUT2D eigenvalue weighted by atomic mass is 9.79. The molecule has 0 spiro atoms. The lowest BCUT2D eigenvalue weighted by molar-refractivity contribution is 0.123. The maximum Gasteiger partial charge on any atom is 0.108 e. The summed E-state index contributed by atoms with van der Waals surface area (Å²) in [6.07, 6.45) is 7.29. The van der Waals surface area contributed by atoms with Crippen LogP contribution < -0.4 is 5.32 Å². The molecule has 0 radical (unpaired) electrons. The van der Waals surface area contributed by atoms with E-state index in [1.165, 1.54) is 32.2 Å². The molecule has 2 fully saturated rings. The fourth-order valence-corrected chi connectivity index (χ4v) is 3.11.